The van der Waals surface area contributed by atoms with Crippen LogP contribution < -0.4 is 0 Å². The van der Waals surface area contributed by atoms with Gasteiger partial charge in [0.25, 0.3) is 0 Å². The molecule has 0 radical (unpaired) electrons. The van der Waals surface area contributed by atoms with E-state index >= 15 is 0 Å². The van der Waals surface area contributed by atoms with Crippen molar-refractivity contribution < 1.29 is 9.59 Å². The average molecular weight is 208 g/mol. The molecule has 2 nitrogen and oxygen atoms in total. The Morgan fingerprint density at radius 2 is 1.20 bits per heavy atom. The lowest BCUT2D eigenvalue weighted by atomic mass is 9.73. The van der Waals surface area contributed by atoms with Crippen LogP contribution >= 0.6 is 0 Å². The summed E-state index contributed by atoms with van der Waals surface area (Å²) in [5, 5.41) is 0. The Labute approximate surface area is 92.1 Å². The number of allylic oxidation sites excluding steroid dienone is 2. The molecule has 0 N–H and O–H groups in total. The lowest BCUT2D eigenvalue weighted by Crippen LogP contribution is -2.36. The summed E-state index contributed by atoms with van der Waals surface area (Å²) in [6, 6.07) is 0. The van der Waals surface area contributed by atoms with Crippen LogP contribution in [0.2, 0.25) is 0 Å². The molecule has 0 aliphatic carbocycles. The van der Waals surface area contributed by atoms with E-state index in [0.29, 0.717) is 11.1 Å². The molecule has 0 heterocycles. The quantitative estimate of drug-likeness (QED) is 0.526. The molecular formula is C13H20O2. The van der Waals surface area contributed by atoms with Crippen LogP contribution in [-0.4, -0.2) is 11.6 Å². The third kappa shape index (κ3) is 3.46. The minimum absolute atomic E-state index is 0.185. The van der Waals surface area contributed by atoms with Crippen LogP contribution in [0.15, 0.2) is 24.3 Å². The summed E-state index contributed by atoms with van der Waals surface area (Å²) in [4.78, 5) is 23.7. The monoisotopic (exact) mass is 208 g/mol. The Morgan fingerprint density at radius 3 is 1.33 bits per heavy atom. The van der Waals surface area contributed by atoms with E-state index in [-0.39, 0.29) is 11.6 Å². The van der Waals surface area contributed by atoms with Crippen molar-refractivity contribution in [3.8, 4) is 0 Å². The molecule has 15 heavy (non-hydrogen) atoms. The lowest BCUT2D eigenvalue weighted by Gasteiger charge is -2.28. The van der Waals surface area contributed by atoms with E-state index < -0.39 is 11.3 Å². The molecule has 0 aromatic heterocycles. The molecule has 0 saturated heterocycles. The topological polar surface area (TPSA) is 34.1 Å². The zero-order valence-corrected chi connectivity index (χ0v) is 10.3. The van der Waals surface area contributed by atoms with Crippen LogP contribution in [0.4, 0.5) is 0 Å². The number of ketones is 2. The maximum atomic E-state index is 11.9. The number of carbonyl (C=O) groups is 2. The van der Waals surface area contributed by atoms with E-state index in [0.717, 1.165) is 0 Å². The molecule has 2 heteroatoms. The van der Waals surface area contributed by atoms with Crippen molar-refractivity contribution >= 4 is 11.6 Å². The summed E-state index contributed by atoms with van der Waals surface area (Å²) in [6.07, 6.45) is 0. The van der Waals surface area contributed by atoms with Crippen LogP contribution in [0, 0.1) is 11.3 Å². The van der Waals surface area contributed by atoms with Gasteiger partial charge in [0.1, 0.15) is 0 Å². The van der Waals surface area contributed by atoms with Gasteiger partial charge in [-0.05, 0) is 30.4 Å². The smallest absolute Gasteiger partial charge is 0.169 e. The molecule has 0 amide bonds. The Kier molecular flexibility index (Phi) is 4.20. The van der Waals surface area contributed by atoms with Gasteiger partial charge in [-0.25, -0.2) is 0 Å². The molecule has 0 aromatic carbocycles. The maximum absolute atomic E-state index is 11.9. The van der Waals surface area contributed by atoms with E-state index in [1.807, 2.05) is 20.8 Å². The summed E-state index contributed by atoms with van der Waals surface area (Å²) in [5.74, 6) is -1.03. The second kappa shape index (κ2) is 4.56. The minimum atomic E-state index is -0.660. The molecule has 0 aromatic rings. The van der Waals surface area contributed by atoms with Crippen LogP contribution in [0.1, 0.15) is 34.6 Å². The van der Waals surface area contributed by atoms with Crippen molar-refractivity contribution in [2.45, 2.75) is 34.6 Å². The van der Waals surface area contributed by atoms with Crippen molar-refractivity contribution in [3.63, 3.8) is 0 Å². The van der Waals surface area contributed by atoms with Crippen LogP contribution in [-0.2, 0) is 9.59 Å². The second-order valence-corrected chi connectivity index (χ2v) is 5.09. The molecule has 0 unspecified atom stereocenters. The molecule has 0 atom stereocenters. The standard InChI is InChI=1S/C13H20O2/c1-8(2)11(14)10(13(5,6)7)12(15)9(3)4/h10H,1,3H2,2,4-7H3. The molecule has 0 rings (SSSR count). The van der Waals surface area contributed by atoms with Crippen LogP contribution in [0.5, 0.6) is 0 Å². The summed E-state index contributed by atoms with van der Waals surface area (Å²) < 4.78 is 0. The van der Waals surface area contributed by atoms with Crippen molar-refractivity contribution in [1.29, 1.82) is 0 Å². The molecule has 0 bridgehead atoms. The predicted molar refractivity (Wildman–Crippen MR) is 62.6 cm³/mol. The first-order chi connectivity index (χ1) is 6.59. The molecular weight excluding hydrogens is 188 g/mol. The van der Waals surface area contributed by atoms with E-state index in [1.54, 1.807) is 13.8 Å². The fourth-order valence-corrected chi connectivity index (χ4v) is 1.40. The zero-order chi connectivity index (χ0) is 12.4. The number of carbonyl (C=O) groups excluding carboxylic acids is 2. The van der Waals surface area contributed by atoms with E-state index in [1.165, 1.54) is 0 Å². The minimum Gasteiger partial charge on any atom is -0.294 e. The second-order valence-electron chi connectivity index (χ2n) is 5.09. The fraction of sp³-hybridized carbons (Fsp3) is 0.538. The van der Waals surface area contributed by atoms with Gasteiger partial charge in [-0.3, -0.25) is 9.59 Å². The van der Waals surface area contributed by atoms with Crippen molar-refractivity contribution in [3.05, 3.63) is 24.3 Å². The van der Waals surface area contributed by atoms with E-state index in [4.69, 9.17) is 0 Å². The molecule has 0 aliphatic rings. The summed E-state index contributed by atoms with van der Waals surface area (Å²) in [6.45, 7) is 16.1. The van der Waals surface area contributed by atoms with E-state index in [2.05, 4.69) is 13.2 Å². The first kappa shape index (κ1) is 13.8. The van der Waals surface area contributed by atoms with Crippen LogP contribution in [0.3, 0.4) is 0 Å². The maximum Gasteiger partial charge on any atom is 0.169 e. The highest BCUT2D eigenvalue weighted by atomic mass is 16.2. The third-order valence-electron chi connectivity index (χ3n) is 2.23. The van der Waals surface area contributed by atoms with Gasteiger partial charge in [-0.2, -0.15) is 0 Å². The number of rotatable bonds is 4. The fourth-order valence-electron chi connectivity index (χ4n) is 1.40. The molecule has 0 saturated carbocycles. The van der Waals surface area contributed by atoms with Gasteiger partial charge >= 0.3 is 0 Å². The predicted octanol–water partition coefficient (Wildman–Crippen LogP) is 2.94. The molecule has 0 spiro atoms. The Balaban J connectivity index is 5.27. The van der Waals surface area contributed by atoms with Gasteiger partial charge < -0.3 is 0 Å². The highest BCUT2D eigenvalue weighted by Crippen LogP contribution is 2.30. The Bertz CT molecular complexity index is 290. The highest BCUT2D eigenvalue weighted by molar-refractivity contribution is 6.15. The number of hydrogen-bond donors (Lipinski definition) is 0. The zero-order valence-electron chi connectivity index (χ0n) is 10.3. The van der Waals surface area contributed by atoms with Gasteiger partial charge in [0.05, 0.1) is 5.92 Å². The van der Waals surface area contributed by atoms with E-state index in [9.17, 15) is 9.59 Å². The summed E-state index contributed by atoms with van der Waals surface area (Å²) in [5.41, 5.74) is 0.445. The Hall–Kier alpha value is -1.18. The molecule has 0 aliphatic heterocycles. The SMILES string of the molecule is C=C(C)C(=O)C(C(=O)C(=C)C)C(C)(C)C. The van der Waals surface area contributed by atoms with Crippen molar-refractivity contribution in [1.82, 2.24) is 0 Å². The third-order valence-corrected chi connectivity index (χ3v) is 2.23. The first-order valence-corrected chi connectivity index (χ1v) is 4.98. The van der Waals surface area contributed by atoms with Gasteiger partial charge in [-0.1, -0.05) is 33.9 Å². The highest BCUT2D eigenvalue weighted by Gasteiger charge is 2.37. The van der Waals surface area contributed by atoms with Crippen molar-refractivity contribution in [2.75, 3.05) is 0 Å². The van der Waals surface area contributed by atoms with Crippen LogP contribution in [0.25, 0.3) is 0 Å². The average Bonchev–Trinajstić information content (AvgIpc) is 2.01. The molecule has 84 valence electrons. The van der Waals surface area contributed by atoms with Gasteiger partial charge in [-0.15, -0.1) is 0 Å². The summed E-state index contributed by atoms with van der Waals surface area (Å²) in [7, 11) is 0. The van der Waals surface area contributed by atoms with Gasteiger partial charge in [0.15, 0.2) is 11.6 Å². The van der Waals surface area contributed by atoms with Gasteiger partial charge in [0, 0.05) is 0 Å². The lowest BCUT2D eigenvalue weighted by molar-refractivity contribution is -0.132. The Morgan fingerprint density at radius 1 is 0.933 bits per heavy atom. The molecule has 0 fully saturated rings. The number of hydrogen-bond acceptors (Lipinski definition) is 2. The van der Waals surface area contributed by atoms with Crippen molar-refractivity contribution in [2.24, 2.45) is 11.3 Å². The summed E-state index contributed by atoms with van der Waals surface area (Å²) >= 11 is 0. The van der Waals surface area contributed by atoms with Gasteiger partial charge in [0.2, 0.25) is 0 Å². The first-order valence-electron chi connectivity index (χ1n) is 4.98. The normalized spacial score (nSPS) is 11.3. The largest absolute Gasteiger partial charge is 0.294 e. The number of Topliss-reactive ketones (excluding diaryl/α,β-unsaturated/α-hetero) is 2.